The van der Waals surface area contributed by atoms with Gasteiger partial charge in [-0.3, -0.25) is 0 Å². The van der Waals surface area contributed by atoms with Crippen LogP contribution >= 0.6 is 0 Å². The second kappa shape index (κ2) is 4.78. The lowest BCUT2D eigenvalue weighted by molar-refractivity contribution is 0.0699. The van der Waals surface area contributed by atoms with E-state index in [9.17, 15) is 9.90 Å². The minimum absolute atomic E-state index is 0.310. The number of aromatic carboxylic acids is 1. The van der Waals surface area contributed by atoms with E-state index in [0.717, 1.165) is 17.9 Å². The second-order valence-corrected chi connectivity index (χ2v) is 5.69. The van der Waals surface area contributed by atoms with Crippen LogP contribution in [-0.2, 0) is 0 Å². The Kier molecular flexibility index (Phi) is 3.08. The summed E-state index contributed by atoms with van der Waals surface area (Å²) in [6, 6.07) is 9.53. The summed E-state index contributed by atoms with van der Waals surface area (Å²) in [5.41, 5.74) is 1.05. The minimum Gasteiger partial charge on any atom is -0.478 e. The quantitative estimate of drug-likeness (QED) is 0.910. The van der Waals surface area contributed by atoms with E-state index in [0.29, 0.717) is 22.9 Å². The molecule has 0 spiro atoms. The molecular weight excluding hydrogens is 252 g/mol. The molecule has 1 aliphatic heterocycles. The van der Waals surface area contributed by atoms with Crippen LogP contribution in [0.4, 0.5) is 5.82 Å². The van der Waals surface area contributed by atoms with E-state index in [1.165, 1.54) is 6.42 Å². The number of benzene rings is 1. The van der Waals surface area contributed by atoms with Crippen LogP contribution in [-0.4, -0.2) is 28.6 Å². The Hall–Kier alpha value is -2.10. The molecule has 0 amide bonds. The summed E-state index contributed by atoms with van der Waals surface area (Å²) in [4.78, 5) is 18.2. The van der Waals surface area contributed by atoms with Crippen LogP contribution in [0, 0.1) is 5.92 Å². The van der Waals surface area contributed by atoms with Crippen molar-refractivity contribution in [3.63, 3.8) is 0 Å². The molecule has 2 unspecified atom stereocenters. The van der Waals surface area contributed by atoms with Crippen molar-refractivity contribution in [3.8, 4) is 0 Å². The van der Waals surface area contributed by atoms with Gasteiger partial charge < -0.3 is 10.0 Å². The molecule has 1 saturated heterocycles. The van der Waals surface area contributed by atoms with E-state index in [2.05, 4.69) is 23.7 Å². The molecule has 20 heavy (non-hydrogen) atoms. The van der Waals surface area contributed by atoms with Gasteiger partial charge >= 0.3 is 5.97 Å². The number of carbonyl (C=O) groups is 1. The van der Waals surface area contributed by atoms with E-state index in [4.69, 9.17) is 0 Å². The fourth-order valence-corrected chi connectivity index (χ4v) is 3.11. The summed E-state index contributed by atoms with van der Waals surface area (Å²) in [7, 11) is 0. The fourth-order valence-electron chi connectivity index (χ4n) is 3.11. The third-order valence-corrected chi connectivity index (χ3v) is 4.03. The molecule has 2 heterocycles. The first kappa shape index (κ1) is 12.9. The molecule has 0 bridgehead atoms. The highest BCUT2D eigenvalue weighted by molar-refractivity contribution is 6.02. The van der Waals surface area contributed by atoms with Gasteiger partial charge in [-0.15, -0.1) is 0 Å². The maximum Gasteiger partial charge on any atom is 0.336 e. The molecule has 1 aliphatic rings. The van der Waals surface area contributed by atoms with Crippen molar-refractivity contribution in [2.75, 3.05) is 11.4 Å². The van der Waals surface area contributed by atoms with Crippen molar-refractivity contribution < 1.29 is 9.90 Å². The lowest BCUT2D eigenvalue weighted by Crippen LogP contribution is -2.27. The smallest absolute Gasteiger partial charge is 0.336 e. The Morgan fingerprint density at radius 1 is 1.30 bits per heavy atom. The third-order valence-electron chi connectivity index (χ3n) is 4.03. The highest BCUT2D eigenvalue weighted by Gasteiger charge is 2.27. The molecule has 104 valence electrons. The van der Waals surface area contributed by atoms with Gasteiger partial charge in [0, 0.05) is 18.0 Å². The van der Waals surface area contributed by atoms with Crippen LogP contribution in [0.15, 0.2) is 30.3 Å². The van der Waals surface area contributed by atoms with Crippen LogP contribution in [0.5, 0.6) is 0 Å². The van der Waals surface area contributed by atoms with E-state index >= 15 is 0 Å². The number of hydrogen-bond acceptors (Lipinski definition) is 3. The van der Waals surface area contributed by atoms with Crippen LogP contribution in [0.1, 0.15) is 30.6 Å². The lowest BCUT2D eigenvalue weighted by Gasteiger charge is -2.23. The van der Waals surface area contributed by atoms with E-state index in [1.54, 1.807) is 12.1 Å². The monoisotopic (exact) mass is 270 g/mol. The number of rotatable bonds is 2. The van der Waals surface area contributed by atoms with Gasteiger partial charge in [-0.1, -0.05) is 13.0 Å². The molecule has 1 fully saturated rings. The van der Waals surface area contributed by atoms with Gasteiger partial charge in [0.05, 0.1) is 11.1 Å². The Labute approximate surface area is 118 Å². The molecule has 1 aromatic carbocycles. The van der Waals surface area contributed by atoms with Crippen molar-refractivity contribution in [3.05, 3.63) is 35.9 Å². The lowest BCUT2D eigenvalue weighted by atomic mass is 10.1. The zero-order valence-corrected chi connectivity index (χ0v) is 11.7. The molecular formula is C16H18N2O2. The van der Waals surface area contributed by atoms with E-state index in [-0.39, 0.29) is 0 Å². The SMILES string of the molecule is CC1CC(C)N(c2ccc3c(C(=O)O)cccc3n2)C1. The summed E-state index contributed by atoms with van der Waals surface area (Å²) >= 11 is 0. The van der Waals surface area contributed by atoms with Crippen molar-refractivity contribution >= 4 is 22.7 Å². The van der Waals surface area contributed by atoms with Crippen LogP contribution in [0.3, 0.4) is 0 Å². The molecule has 0 saturated carbocycles. The minimum atomic E-state index is -0.909. The average Bonchev–Trinajstić information content (AvgIpc) is 2.76. The predicted octanol–water partition coefficient (Wildman–Crippen LogP) is 3.17. The maximum absolute atomic E-state index is 11.2. The Balaban J connectivity index is 2.06. The molecule has 3 rings (SSSR count). The fraction of sp³-hybridized carbons (Fsp3) is 0.375. The van der Waals surface area contributed by atoms with Crippen molar-refractivity contribution in [1.82, 2.24) is 4.98 Å². The second-order valence-electron chi connectivity index (χ2n) is 5.69. The van der Waals surface area contributed by atoms with Gasteiger partial charge in [-0.2, -0.15) is 0 Å². The van der Waals surface area contributed by atoms with Gasteiger partial charge in [0.15, 0.2) is 0 Å². The van der Waals surface area contributed by atoms with Gasteiger partial charge in [-0.05, 0) is 43.5 Å². The number of nitrogens with zero attached hydrogens (tertiary/aromatic N) is 2. The zero-order chi connectivity index (χ0) is 14.3. The molecule has 0 aliphatic carbocycles. The van der Waals surface area contributed by atoms with Crippen LogP contribution < -0.4 is 4.90 Å². The molecule has 4 nitrogen and oxygen atoms in total. The van der Waals surface area contributed by atoms with Crippen LogP contribution in [0.2, 0.25) is 0 Å². The molecule has 2 atom stereocenters. The maximum atomic E-state index is 11.2. The number of carboxylic acids is 1. The van der Waals surface area contributed by atoms with Gasteiger partial charge in [-0.25, -0.2) is 9.78 Å². The first-order chi connectivity index (χ1) is 9.56. The van der Waals surface area contributed by atoms with Gasteiger partial charge in [0.1, 0.15) is 5.82 Å². The largest absolute Gasteiger partial charge is 0.478 e. The number of carboxylic acid groups (broad SMARTS) is 1. The number of fused-ring (bicyclic) bond motifs is 1. The number of aromatic nitrogens is 1. The molecule has 1 aromatic heterocycles. The Bertz CT molecular complexity index is 669. The molecule has 1 N–H and O–H groups in total. The highest BCUT2D eigenvalue weighted by atomic mass is 16.4. The first-order valence-electron chi connectivity index (χ1n) is 6.96. The summed E-state index contributed by atoms with van der Waals surface area (Å²) in [5, 5.41) is 9.90. The van der Waals surface area contributed by atoms with Crippen molar-refractivity contribution in [2.24, 2.45) is 5.92 Å². The summed E-state index contributed by atoms with van der Waals surface area (Å²) < 4.78 is 0. The standard InChI is InChI=1S/C16H18N2O2/c1-10-8-11(2)18(9-10)15-7-6-12-13(16(19)20)4-3-5-14(12)17-15/h3-7,10-11H,8-9H2,1-2H3,(H,19,20). The number of pyridine rings is 1. The topological polar surface area (TPSA) is 53.4 Å². The van der Waals surface area contributed by atoms with Crippen molar-refractivity contribution in [2.45, 2.75) is 26.3 Å². The normalized spacial score (nSPS) is 22.4. The first-order valence-corrected chi connectivity index (χ1v) is 6.96. The highest BCUT2D eigenvalue weighted by Crippen LogP contribution is 2.29. The molecule has 0 radical (unpaired) electrons. The summed E-state index contributed by atoms with van der Waals surface area (Å²) in [6.07, 6.45) is 1.18. The van der Waals surface area contributed by atoms with E-state index < -0.39 is 5.97 Å². The van der Waals surface area contributed by atoms with Crippen LogP contribution in [0.25, 0.3) is 10.9 Å². The zero-order valence-electron chi connectivity index (χ0n) is 11.7. The Morgan fingerprint density at radius 2 is 2.10 bits per heavy atom. The van der Waals surface area contributed by atoms with E-state index in [1.807, 2.05) is 18.2 Å². The Morgan fingerprint density at radius 3 is 2.75 bits per heavy atom. The van der Waals surface area contributed by atoms with Gasteiger partial charge in [0.25, 0.3) is 0 Å². The molecule has 2 aromatic rings. The number of hydrogen-bond donors (Lipinski definition) is 1. The van der Waals surface area contributed by atoms with Gasteiger partial charge in [0.2, 0.25) is 0 Å². The summed E-state index contributed by atoms with van der Waals surface area (Å²) in [6.45, 7) is 5.47. The predicted molar refractivity (Wildman–Crippen MR) is 79.3 cm³/mol. The average molecular weight is 270 g/mol. The third kappa shape index (κ3) is 2.11. The van der Waals surface area contributed by atoms with Crippen molar-refractivity contribution in [1.29, 1.82) is 0 Å². The number of anilines is 1. The summed E-state index contributed by atoms with van der Waals surface area (Å²) in [5.74, 6) is 0.707. The molecule has 4 heteroatoms.